The Bertz CT molecular complexity index is 785. The summed E-state index contributed by atoms with van der Waals surface area (Å²) in [6.45, 7) is 6.14. The predicted molar refractivity (Wildman–Crippen MR) is 109 cm³/mol. The van der Waals surface area contributed by atoms with Crippen molar-refractivity contribution in [3.8, 4) is 0 Å². The van der Waals surface area contributed by atoms with Gasteiger partial charge in [0.1, 0.15) is 5.69 Å². The maximum Gasteiger partial charge on any atom is 0.293 e. The maximum absolute atomic E-state index is 12.8. The summed E-state index contributed by atoms with van der Waals surface area (Å²) >= 11 is 0. The first-order chi connectivity index (χ1) is 13.4. The van der Waals surface area contributed by atoms with Crippen molar-refractivity contribution in [3.05, 3.63) is 28.3 Å². The number of nitrogens with zero attached hydrogens (tertiary/aromatic N) is 3. The zero-order valence-corrected chi connectivity index (χ0v) is 17.3. The molecule has 2 saturated heterocycles. The lowest BCUT2D eigenvalue weighted by Gasteiger charge is -2.32. The van der Waals surface area contributed by atoms with E-state index in [4.69, 9.17) is 0 Å². The normalized spacial score (nSPS) is 20.2. The Labute approximate surface area is 167 Å². The van der Waals surface area contributed by atoms with Gasteiger partial charge in [-0.3, -0.25) is 10.1 Å². The minimum Gasteiger partial charge on any atom is -0.377 e. The van der Waals surface area contributed by atoms with Crippen molar-refractivity contribution in [2.45, 2.75) is 56.4 Å². The third-order valence-electron chi connectivity index (χ3n) is 5.61. The molecule has 0 radical (unpaired) electrons. The number of anilines is 1. The lowest BCUT2D eigenvalue weighted by atomic mass is 10.0. The van der Waals surface area contributed by atoms with Gasteiger partial charge in [0.15, 0.2) is 0 Å². The molecule has 2 aliphatic heterocycles. The van der Waals surface area contributed by atoms with E-state index in [9.17, 15) is 18.5 Å². The molecule has 0 amide bonds. The molecular formula is C19H30N4O4S. The van der Waals surface area contributed by atoms with Gasteiger partial charge in [0.25, 0.3) is 5.69 Å². The van der Waals surface area contributed by atoms with Crippen molar-refractivity contribution in [2.75, 3.05) is 38.0 Å². The molecular weight excluding hydrogens is 380 g/mol. The second-order valence-electron chi connectivity index (χ2n) is 7.66. The van der Waals surface area contributed by atoms with Crippen molar-refractivity contribution >= 4 is 21.4 Å². The predicted octanol–water partition coefficient (Wildman–Crippen LogP) is 3.06. The second-order valence-corrected chi connectivity index (χ2v) is 9.60. The molecule has 1 aromatic rings. The molecule has 3 rings (SSSR count). The summed E-state index contributed by atoms with van der Waals surface area (Å²) in [7, 11) is -3.69. The first-order valence-corrected chi connectivity index (χ1v) is 11.6. The fourth-order valence-electron chi connectivity index (χ4n) is 4.04. The number of nitro benzene ring substituents is 1. The number of hydrogen-bond donors (Lipinski definition) is 1. The summed E-state index contributed by atoms with van der Waals surface area (Å²) in [4.78, 5) is 13.5. The largest absolute Gasteiger partial charge is 0.377 e. The lowest BCUT2D eigenvalue weighted by Crippen LogP contribution is -2.39. The minimum atomic E-state index is -3.69. The Balaban J connectivity index is 1.75. The molecule has 2 aliphatic rings. The maximum atomic E-state index is 12.8. The molecule has 8 nitrogen and oxygen atoms in total. The number of hydrogen-bond acceptors (Lipinski definition) is 6. The van der Waals surface area contributed by atoms with Gasteiger partial charge in [-0.25, -0.2) is 8.42 Å². The molecule has 0 spiro atoms. The smallest absolute Gasteiger partial charge is 0.293 e. The van der Waals surface area contributed by atoms with Crippen molar-refractivity contribution in [1.29, 1.82) is 0 Å². The Kier molecular flexibility index (Phi) is 6.90. The molecule has 2 heterocycles. The van der Waals surface area contributed by atoms with Crippen LogP contribution in [0, 0.1) is 10.1 Å². The van der Waals surface area contributed by atoms with E-state index >= 15 is 0 Å². The lowest BCUT2D eigenvalue weighted by molar-refractivity contribution is -0.384. The zero-order chi connectivity index (χ0) is 20.1. The number of nitrogens with one attached hydrogen (secondary N) is 1. The number of nitro groups is 1. The summed E-state index contributed by atoms with van der Waals surface area (Å²) in [5.74, 6) is 0. The monoisotopic (exact) mass is 410 g/mol. The molecule has 0 bridgehead atoms. The molecule has 1 N–H and O–H groups in total. The minimum absolute atomic E-state index is 0.00409. The average Bonchev–Trinajstić information content (AvgIpc) is 2.70. The van der Waals surface area contributed by atoms with Gasteiger partial charge >= 0.3 is 0 Å². The number of benzene rings is 1. The second kappa shape index (κ2) is 9.19. The highest BCUT2D eigenvalue weighted by atomic mass is 32.2. The van der Waals surface area contributed by atoms with E-state index in [1.54, 1.807) is 6.07 Å². The van der Waals surface area contributed by atoms with E-state index in [2.05, 4.69) is 17.1 Å². The van der Waals surface area contributed by atoms with E-state index < -0.39 is 14.9 Å². The quantitative estimate of drug-likeness (QED) is 0.548. The van der Waals surface area contributed by atoms with Crippen LogP contribution in [0.3, 0.4) is 0 Å². The van der Waals surface area contributed by atoms with Crippen molar-refractivity contribution < 1.29 is 13.3 Å². The van der Waals surface area contributed by atoms with Crippen molar-refractivity contribution in [3.63, 3.8) is 0 Å². The number of piperidine rings is 2. The fourth-order valence-corrected chi connectivity index (χ4v) is 5.57. The fraction of sp³-hybridized carbons (Fsp3) is 0.684. The van der Waals surface area contributed by atoms with Gasteiger partial charge in [-0.2, -0.15) is 4.31 Å². The zero-order valence-electron chi connectivity index (χ0n) is 16.5. The van der Waals surface area contributed by atoms with Crippen molar-refractivity contribution in [1.82, 2.24) is 9.21 Å². The number of rotatable bonds is 7. The van der Waals surface area contributed by atoms with Gasteiger partial charge in [0, 0.05) is 38.3 Å². The van der Waals surface area contributed by atoms with E-state index in [-0.39, 0.29) is 16.6 Å². The Morgan fingerprint density at radius 3 is 2.43 bits per heavy atom. The van der Waals surface area contributed by atoms with Crippen LogP contribution in [0.1, 0.15) is 45.4 Å². The molecule has 1 aromatic carbocycles. The SMILES string of the molecule is CCCN1CCC(Nc2ccc(S(=O)(=O)N3CCCCC3)cc2[N+](=O)[O-])CC1. The molecule has 28 heavy (non-hydrogen) atoms. The van der Waals surface area contributed by atoms with Gasteiger partial charge in [0.2, 0.25) is 10.0 Å². The molecule has 0 aliphatic carbocycles. The first-order valence-electron chi connectivity index (χ1n) is 10.2. The van der Waals surface area contributed by atoms with E-state index in [0.717, 1.165) is 58.2 Å². The summed E-state index contributed by atoms with van der Waals surface area (Å²) in [5.41, 5.74) is 0.227. The molecule has 0 atom stereocenters. The van der Waals surface area contributed by atoms with Crippen molar-refractivity contribution in [2.24, 2.45) is 0 Å². The molecule has 0 saturated carbocycles. The molecule has 2 fully saturated rings. The summed E-state index contributed by atoms with van der Waals surface area (Å²) in [6.07, 6.45) is 5.65. The average molecular weight is 411 g/mol. The molecule has 9 heteroatoms. The third-order valence-corrected chi connectivity index (χ3v) is 7.50. The van der Waals surface area contributed by atoms with Gasteiger partial charge in [-0.05, 0) is 50.8 Å². The van der Waals surface area contributed by atoms with E-state index in [1.165, 1.54) is 16.4 Å². The summed E-state index contributed by atoms with van der Waals surface area (Å²) in [5, 5.41) is 14.9. The highest BCUT2D eigenvalue weighted by Gasteiger charge is 2.29. The van der Waals surface area contributed by atoms with Crippen LogP contribution in [-0.4, -0.2) is 61.3 Å². The van der Waals surface area contributed by atoms with Crippen LogP contribution in [0.25, 0.3) is 0 Å². The van der Waals surface area contributed by atoms with Crippen LogP contribution in [0.15, 0.2) is 23.1 Å². The van der Waals surface area contributed by atoms with Crippen LogP contribution in [-0.2, 0) is 10.0 Å². The standard InChI is InChI=1S/C19H30N4O4S/c1-2-10-21-13-8-16(9-14-21)20-18-7-6-17(15-19(18)23(24)25)28(26,27)22-11-4-3-5-12-22/h6-7,15-16,20H,2-5,8-14H2,1H3. The summed E-state index contributed by atoms with van der Waals surface area (Å²) < 4.78 is 27.1. The molecule has 0 aromatic heterocycles. The first kappa shape index (κ1) is 21.0. The van der Waals surface area contributed by atoms with Crippen LogP contribution in [0.4, 0.5) is 11.4 Å². The van der Waals surface area contributed by atoms with Gasteiger partial charge in [0.05, 0.1) is 9.82 Å². The Hall–Kier alpha value is -1.71. The topological polar surface area (TPSA) is 95.8 Å². The van der Waals surface area contributed by atoms with E-state index in [0.29, 0.717) is 18.8 Å². The Morgan fingerprint density at radius 2 is 1.82 bits per heavy atom. The summed E-state index contributed by atoms with van der Waals surface area (Å²) in [6, 6.07) is 4.41. The number of likely N-dealkylation sites (tertiary alicyclic amines) is 1. The highest BCUT2D eigenvalue weighted by Crippen LogP contribution is 2.31. The van der Waals surface area contributed by atoms with Crippen LogP contribution in [0.2, 0.25) is 0 Å². The highest BCUT2D eigenvalue weighted by molar-refractivity contribution is 7.89. The molecule has 0 unspecified atom stereocenters. The van der Waals surface area contributed by atoms with Crippen LogP contribution >= 0.6 is 0 Å². The van der Waals surface area contributed by atoms with E-state index in [1.807, 2.05) is 0 Å². The van der Waals surface area contributed by atoms with Crippen LogP contribution < -0.4 is 5.32 Å². The number of sulfonamides is 1. The Morgan fingerprint density at radius 1 is 1.14 bits per heavy atom. The molecule has 156 valence electrons. The van der Waals surface area contributed by atoms with Gasteiger partial charge in [-0.15, -0.1) is 0 Å². The third kappa shape index (κ3) is 4.82. The van der Waals surface area contributed by atoms with Gasteiger partial charge in [-0.1, -0.05) is 13.3 Å². The van der Waals surface area contributed by atoms with Gasteiger partial charge < -0.3 is 10.2 Å². The van der Waals surface area contributed by atoms with Crippen LogP contribution in [0.5, 0.6) is 0 Å².